The first-order chi connectivity index (χ1) is 13.4. The molecule has 142 valence electrons. The van der Waals surface area contributed by atoms with Gasteiger partial charge in [0.2, 0.25) is 5.91 Å². The largest absolute Gasteiger partial charge is 0.335 e. The Balaban J connectivity index is 1.74. The standard InChI is InChI=1S/C18H12BrClN4O4/c19-11-3-1-10(2-4-11)15(25)23-21-9-14-16(26)22-18(28)24(17(14)27)13-7-5-12(20)6-8-13/h1-9,14H,(H,23,25)(H,22,26,28). The predicted octanol–water partition coefficient (Wildman–Crippen LogP) is 2.72. The van der Waals surface area contributed by atoms with Gasteiger partial charge in [-0.05, 0) is 48.5 Å². The summed E-state index contributed by atoms with van der Waals surface area (Å²) in [6.45, 7) is 0. The van der Waals surface area contributed by atoms with Gasteiger partial charge >= 0.3 is 6.03 Å². The molecule has 8 nitrogen and oxygen atoms in total. The molecule has 2 N–H and O–H groups in total. The number of imide groups is 2. The summed E-state index contributed by atoms with van der Waals surface area (Å²) in [6.07, 6.45) is 0.976. The number of hydrogen-bond donors (Lipinski definition) is 2. The number of barbiturate groups is 1. The molecular weight excluding hydrogens is 452 g/mol. The first kappa shape index (κ1) is 19.7. The first-order valence-corrected chi connectivity index (χ1v) is 9.07. The van der Waals surface area contributed by atoms with Gasteiger partial charge in [0.15, 0.2) is 5.92 Å². The molecule has 0 radical (unpaired) electrons. The Bertz CT molecular complexity index is 976. The average molecular weight is 464 g/mol. The van der Waals surface area contributed by atoms with E-state index >= 15 is 0 Å². The minimum atomic E-state index is -1.38. The van der Waals surface area contributed by atoms with Gasteiger partial charge in [-0.1, -0.05) is 27.5 Å². The van der Waals surface area contributed by atoms with Crippen LogP contribution in [0.2, 0.25) is 5.02 Å². The number of amides is 5. The highest BCUT2D eigenvalue weighted by Crippen LogP contribution is 2.22. The summed E-state index contributed by atoms with van der Waals surface area (Å²) in [5.74, 6) is -3.52. The quantitative estimate of drug-likeness (QED) is 0.413. The maximum absolute atomic E-state index is 12.6. The normalized spacial score (nSPS) is 17.0. The summed E-state index contributed by atoms with van der Waals surface area (Å²) in [7, 11) is 0. The molecule has 1 atom stereocenters. The zero-order chi connectivity index (χ0) is 20.3. The van der Waals surface area contributed by atoms with Gasteiger partial charge in [-0.3, -0.25) is 19.7 Å². The molecule has 1 saturated heterocycles. The van der Waals surface area contributed by atoms with Crippen LogP contribution in [0.25, 0.3) is 0 Å². The molecule has 0 saturated carbocycles. The van der Waals surface area contributed by atoms with E-state index in [9.17, 15) is 19.2 Å². The third kappa shape index (κ3) is 4.26. The molecule has 1 aliphatic rings. The number of halogens is 2. The fourth-order valence-corrected chi connectivity index (χ4v) is 2.78. The number of hydrogen-bond acceptors (Lipinski definition) is 5. The number of anilines is 1. The molecule has 10 heteroatoms. The van der Waals surface area contributed by atoms with Crippen molar-refractivity contribution in [3.8, 4) is 0 Å². The summed E-state index contributed by atoms with van der Waals surface area (Å²) >= 11 is 9.07. The van der Waals surface area contributed by atoms with Crippen LogP contribution in [0.5, 0.6) is 0 Å². The molecule has 0 aliphatic carbocycles. The predicted molar refractivity (Wildman–Crippen MR) is 106 cm³/mol. The van der Waals surface area contributed by atoms with Crippen LogP contribution < -0.4 is 15.6 Å². The van der Waals surface area contributed by atoms with E-state index in [1.165, 1.54) is 24.3 Å². The monoisotopic (exact) mass is 462 g/mol. The van der Waals surface area contributed by atoms with E-state index in [4.69, 9.17) is 11.6 Å². The lowest BCUT2D eigenvalue weighted by Gasteiger charge is -2.28. The Labute approximate surface area is 172 Å². The van der Waals surface area contributed by atoms with Gasteiger partial charge in [0.05, 0.1) is 5.69 Å². The van der Waals surface area contributed by atoms with Gasteiger partial charge in [-0.15, -0.1) is 0 Å². The zero-order valence-corrected chi connectivity index (χ0v) is 16.4. The Morgan fingerprint density at radius 2 is 1.75 bits per heavy atom. The molecule has 3 rings (SSSR count). The molecular formula is C18H12BrClN4O4. The number of nitrogens with zero attached hydrogens (tertiary/aromatic N) is 2. The van der Waals surface area contributed by atoms with E-state index in [0.29, 0.717) is 10.6 Å². The van der Waals surface area contributed by atoms with Crippen molar-refractivity contribution in [1.82, 2.24) is 10.7 Å². The summed E-state index contributed by atoms with van der Waals surface area (Å²) in [5, 5.41) is 6.20. The summed E-state index contributed by atoms with van der Waals surface area (Å²) < 4.78 is 0.809. The Hall–Kier alpha value is -3.04. The lowest BCUT2D eigenvalue weighted by atomic mass is 10.1. The highest BCUT2D eigenvalue weighted by molar-refractivity contribution is 9.10. The molecule has 28 heavy (non-hydrogen) atoms. The van der Waals surface area contributed by atoms with Gasteiger partial charge in [-0.25, -0.2) is 15.1 Å². The number of hydrazone groups is 1. The molecule has 5 amide bonds. The second-order valence-corrected chi connectivity index (χ2v) is 7.00. The number of urea groups is 1. The fraction of sp³-hybridized carbons (Fsp3) is 0.0556. The van der Waals surface area contributed by atoms with E-state index in [0.717, 1.165) is 15.6 Å². The van der Waals surface area contributed by atoms with Crippen molar-refractivity contribution in [1.29, 1.82) is 0 Å². The average Bonchev–Trinajstić information content (AvgIpc) is 2.66. The third-order valence-corrected chi connectivity index (χ3v) is 4.56. The van der Waals surface area contributed by atoms with Crippen LogP contribution in [-0.2, 0) is 9.59 Å². The van der Waals surface area contributed by atoms with Crippen molar-refractivity contribution in [2.45, 2.75) is 0 Å². The summed E-state index contributed by atoms with van der Waals surface area (Å²) in [5.41, 5.74) is 2.83. The number of benzene rings is 2. The van der Waals surface area contributed by atoms with Crippen molar-refractivity contribution in [3.05, 3.63) is 63.6 Å². The van der Waals surface area contributed by atoms with Crippen LogP contribution in [0.1, 0.15) is 10.4 Å². The van der Waals surface area contributed by atoms with Gasteiger partial charge in [-0.2, -0.15) is 5.10 Å². The second kappa shape index (κ2) is 8.32. The Kier molecular flexibility index (Phi) is 5.86. The topological polar surface area (TPSA) is 108 Å². The van der Waals surface area contributed by atoms with Crippen molar-refractivity contribution >= 4 is 63.2 Å². The molecule has 1 heterocycles. The Morgan fingerprint density at radius 1 is 1.11 bits per heavy atom. The first-order valence-electron chi connectivity index (χ1n) is 7.90. The van der Waals surface area contributed by atoms with Crippen molar-refractivity contribution in [3.63, 3.8) is 0 Å². The van der Waals surface area contributed by atoms with E-state index in [-0.39, 0.29) is 5.69 Å². The maximum atomic E-state index is 12.6. The van der Waals surface area contributed by atoms with E-state index in [1.807, 2.05) is 0 Å². The number of rotatable bonds is 4. The van der Waals surface area contributed by atoms with Gasteiger partial charge in [0, 0.05) is 21.3 Å². The van der Waals surface area contributed by atoms with Gasteiger partial charge < -0.3 is 0 Å². The minimum absolute atomic E-state index is 0.247. The number of carbonyl (C=O) groups excluding carboxylic acids is 4. The lowest BCUT2D eigenvalue weighted by Crippen LogP contribution is -2.58. The zero-order valence-electron chi connectivity index (χ0n) is 14.1. The molecule has 1 fully saturated rings. The fourth-order valence-electron chi connectivity index (χ4n) is 2.39. The smallest absolute Gasteiger partial charge is 0.276 e. The van der Waals surface area contributed by atoms with E-state index in [2.05, 4.69) is 31.8 Å². The van der Waals surface area contributed by atoms with Crippen LogP contribution in [0.15, 0.2) is 58.1 Å². The van der Waals surface area contributed by atoms with E-state index < -0.39 is 29.7 Å². The summed E-state index contributed by atoms with van der Waals surface area (Å²) in [6, 6.07) is 11.6. The number of nitrogens with one attached hydrogen (secondary N) is 2. The maximum Gasteiger partial charge on any atom is 0.335 e. The van der Waals surface area contributed by atoms with Gasteiger partial charge in [0.25, 0.3) is 11.8 Å². The molecule has 1 unspecified atom stereocenters. The highest BCUT2D eigenvalue weighted by Gasteiger charge is 2.40. The minimum Gasteiger partial charge on any atom is -0.276 e. The summed E-state index contributed by atoms with van der Waals surface area (Å²) in [4.78, 5) is 49.5. The second-order valence-electron chi connectivity index (χ2n) is 5.65. The van der Waals surface area contributed by atoms with Crippen molar-refractivity contribution < 1.29 is 19.2 Å². The molecule has 2 aromatic rings. The van der Waals surface area contributed by atoms with Crippen LogP contribution in [0, 0.1) is 5.92 Å². The van der Waals surface area contributed by atoms with Crippen LogP contribution in [-0.4, -0.2) is 30.0 Å². The molecule has 2 aromatic carbocycles. The SMILES string of the molecule is O=C(NN=CC1C(=O)NC(=O)N(c2ccc(Cl)cc2)C1=O)c1ccc(Br)cc1. The van der Waals surface area contributed by atoms with Crippen LogP contribution >= 0.6 is 27.5 Å². The molecule has 1 aliphatic heterocycles. The van der Waals surface area contributed by atoms with Crippen molar-refractivity contribution in [2.24, 2.45) is 11.0 Å². The molecule has 0 bridgehead atoms. The van der Waals surface area contributed by atoms with E-state index in [1.54, 1.807) is 24.3 Å². The lowest BCUT2D eigenvalue weighted by molar-refractivity contribution is -0.131. The number of carbonyl (C=O) groups is 4. The van der Waals surface area contributed by atoms with Crippen LogP contribution in [0.3, 0.4) is 0 Å². The Morgan fingerprint density at radius 3 is 2.39 bits per heavy atom. The van der Waals surface area contributed by atoms with Gasteiger partial charge in [0.1, 0.15) is 0 Å². The molecule has 0 aromatic heterocycles. The molecule has 0 spiro atoms. The third-order valence-electron chi connectivity index (χ3n) is 3.78. The highest BCUT2D eigenvalue weighted by atomic mass is 79.9. The van der Waals surface area contributed by atoms with Crippen LogP contribution in [0.4, 0.5) is 10.5 Å². The van der Waals surface area contributed by atoms with Crippen molar-refractivity contribution in [2.75, 3.05) is 4.90 Å².